The predicted octanol–water partition coefficient (Wildman–Crippen LogP) is 0.253. The summed E-state index contributed by atoms with van der Waals surface area (Å²) in [6.45, 7) is 0.349. The maximum Gasteiger partial charge on any atom is 0.191 e. The average molecular weight is 327 g/mol. The van der Waals surface area contributed by atoms with E-state index in [9.17, 15) is 13.5 Å². The molecule has 7 nitrogen and oxygen atoms in total. The van der Waals surface area contributed by atoms with Crippen molar-refractivity contribution in [3.8, 4) is 11.5 Å². The molecule has 1 unspecified atom stereocenters. The van der Waals surface area contributed by atoms with E-state index in [2.05, 4.69) is 15.6 Å². The lowest BCUT2D eigenvalue weighted by Gasteiger charge is -2.16. The smallest absolute Gasteiger partial charge is 0.191 e. The number of phenolic OH excluding ortho intramolecular Hbond substituents is 1. The SMILES string of the molecule is CN=C(NCc1cc(OC)ccc1O)NC1CCS(=O)(=O)C1. The summed E-state index contributed by atoms with van der Waals surface area (Å²) in [6, 6.07) is 4.84. The van der Waals surface area contributed by atoms with Crippen molar-refractivity contribution < 1.29 is 18.3 Å². The largest absolute Gasteiger partial charge is 0.508 e. The van der Waals surface area contributed by atoms with Crippen LogP contribution in [0, 0.1) is 0 Å². The zero-order valence-electron chi connectivity index (χ0n) is 12.7. The molecule has 122 valence electrons. The van der Waals surface area contributed by atoms with Crippen LogP contribution in [0.15, 0.2) is 23.2 Å². The number of benzene rings is 1. The molecule has 0 aliphatic carbocycles. The van der Waals surface area contributed by atoms with E-state index in [1.54, 1.807) is 32.4 Å². The van der Waals surface area contributed by atoms with Crippen LogP contribution >= 0.6 is 0 Å². The Balaban J connectivity index is 1.94. The third-order valence-electron chi connectivity index (χ3n) is 3.53. The van der Waals surface area contributed by atoms with Crippen LogP contribution in [0.2, 0.25) is 0 Å². The van der Waals surface area contributed by atoms with Gasteiger partial charge < -0.3 is 20.5 Å². The van der Waals surface area contributed by atoms with Crippen molar-refractivity contribution in [3.63, 3.8) is 0 Å². The van der Waals surface area contributed by atoms with Gasteiger partial charge in [-0.15, -0.1) is 0 Å². The van der Waals surface area contributed by atoms with Gasteiger partial charge in [-0.25, -0.2) is 8.42 Å². The standard InChI is InChI=1S/C14H21N3O4S/c1-15-14(17-11-5-6-22(19,20)9-11)16-8-10-7-12(21-2)3-4-13(10)18/h3-4,7,11,18H,5-6,8-9H2,1-2H3,(H2,15,16,17). The summed E-state index contributed by atoms with van der Waals surface area (Å²) >= 11 is 0. The molecule has 1 aromatic carbocycles. The summed E-state index contributed by atoms with van der Waals surface area (Å²) in [6.07, 6.45) is 0.577. The quantitative estimate of drug-likeness (QED) is 0.542. The van der Waals surface area contributed by atoms with Gasteiger partial charge in [-0.1, -0.05) is 0 Å². The van der Waals surface area contributed by atoms with E-state index in [1.165, 1.54) is 0 Å². The lowest BCUT2D eigenvalue weighted by atomic mass is 10.2. The molecule has 1 aliphatic heterocycles. The van der Waals surface area contributed by atoms with Crippen LogP contribution in [0.3, 0.4) is 0 Å². The third kappa shape index (κ3) is 4.27. The molecule has 0 radical (unpaired) electrons. The molecule has 0 spiro atoms. The molecule has 1 aliphatic rings. The number of hydrogen-bond donors (Lipinski definition) is 3. The highest BCUT2D eigenvalue weighted by atomic mass is 32.2. The van der Waals surface area contributed by atoms with Crippen LogP contribution in [0.1, 0.15) is 12.0 Å². The molecule has 22 heavy (non-hydrogen) atoms. The van der Waals surface area contributed by atoms with Gasteiger partial charge in [-0.3, -0.25) is 4.99 Å². The number of phenols is 1. The first-order chi connectivity index (χ1) is 10.4. The minimum atomic E-state index is -2.93. The Morgan fingerprint density at radius 1 is 1.50 bits per heavy atom. The average Bonchev–Trinajstić information content (AvgIpc) is 2.83. The number of nitrogens with zero attached hydrogens (tertiary/aromatic N) is 1. The highest BCUT2D eigenvalue weighted by Crippen LogP contribution is 2.22. The van der Waals surface area contributed by atoms with Gasteiger partial charge in [0.2, 0.25) is 0 Å². The maximum atomic E-state index is 11.5. The number of nitrogens with one attached hydrogen (secondary N) is 2. The second-order valence-electron chi connectivity index (χ2n) is 5.16. The molecule has 1 heterocycles. The Labute approximate surface area is 130 Å². The van der Waals surface area contributed by atoms with Crippen molar-refractivity contribution in [1.29, 1.82) is 0 Å². The first-order valence-corrected chi connectivity index (χ1v) is 8.79. The number of hydrogen-bond acceptors (Lipinski definition) is 5. The number of rotatable bonds is 4. The first kappa shape index (κ1) is 16.4. The molecule has 3 N–H and O–H groups in total. The number of methoxy groups -OCH3 is 1. The van der Waals surface area contributed by atoms with Crippen LogP contribution in [-0.4, -0.2) is 51.2 Å². The van der Waals surface area contributed by atoms with E-state index >= 15 is 0 Å². The molecule has 1 atom stereocenters. The summed E-state index contributed by atoms with van der Waals surface area (Å²) < 4.78 is 28.0. The third-order valence-corrected chi connectivity index (χ3v) is 5.30. The molecule has 1 saturated heterocycles. The van der Waals surface area contributed by atoms with Gasteiger partial charge in [-0.2, -0.15) is 0 Å². The zero-order chi connectivity index (χ0) is 16.2. The first-order valence-electron chi connectivity index (χ1n) is 6.97. The molecule has 8 heteroatoms. The number of aromatic hydroxyl groups is 1. The van der Waals surface area contributed by atoms with Crippen molar-refractivity contribution in [1.82, 2.24) is 10.6 Å². The molecule has 0 saturated carbocycles. The highest BCUT2D eigenvalue weighted by molar-refractivity contribution is 7.91. The number of guanidine groups is 1. The Morgan fingerprint density at radius 3 is 2.86 bits per heavy atom. The van der Waals surface area contributed by atoms with Gasteiger partial charge in [0, 0.05) is 25.2 Å². The van der Waals surface area contributed by atoms with Gasteiger partial charge in [0.05, 0.1) is 18.6 Å². The maximum absolute atomic E-state index is 11.5. The Hall–Kier alpha value is -1.96. The summed E-state index contributed by atoms with van der Waals surface area (Å²) in [4.78, 5) is 4.07. The summed E-state index contributed by atoms with van der Waals surface area (Å²) in [7, 11) is 0.241. The minimum absolute atomic E-state index is 0.123. The number of aliphatic imine (C=N–C) groups is 1. The van der Waals surface area contributed by atoms with Gasteiger partial charge in [0.1, 0.15) is 11.5 Å². The molecule has 1 fully saturated rings. The Morgan fingerprint density at radius 2 is 2.27 bits per heavy atom. The molecular formula is C14H21N3O4S. The Bertz CT molecular complexity index is 658. The topological polar surface area (TPSA) is 100 Å². The molecule has 0 bridgehead atoms. The minimum Gasteiger partial charge on any atom is -0.508 e. The van der Waals surface area contributed by atoms with Crippen molar-refractivity contribution >= 4 is 15.8 Å². The second-order valence-corrected chi connectivity index (χ2v) is 7.39. The number of ether oxygens (including phenoxy) is 1. The van der Waals surface area contributed by atoms with Gasteiger partial charge in [0.25, 0.3) is 0 Å². The Kier molecular flexibility index (Phi) is 5.12. The monoisotopic (exact) mass is 327 g/mol. The lowest BCUT2D eigenvalue weighted by molar-refractivity contribution is 0.410. The fourth-order valence-corrected chi connectivity index (χ4v) is 3.98. The predicted molar refractivity (Wildman–Crippen MR) is 85.1 cm³/mol. The van der Waals surface area contributed by atoms with Crippen LogP contribution in [0.25, 0.3) is 0 Å². The van der Waals surface area contributed by atoms with Gasteiger partial charge in [0.15, 0.2) is 15.8 Å². The highest BCUT2D eigenvalue weighted by Gasteiger charge is 2.28. The van der Waals surface area contributed by atoms with Crippen molar-refractivity contribution in [2.75, 3.05) is 25.7 Å². The molecular weight excluding hydrogens is 306 g/mol. The van der Waals surface area contributed by atoms with Crippen molar-refractivity contribution in [2.24, 2.45) is 4.99 Å². The van der Waals surface area contributed by atoms with E-state index in [1.807, 2.05) is 0 Å². The summed E-state index contributed by atoms with van der Waals surface area (Å²) in [5, 5.41) is 16.0. The molecule has 0 amide bonds. The van der Waals surface area contributed by atoms with E-state index in [-0.39, 0.29) is 23.3 Å². The van der Waals surface area contributed by atoms with Crippen LogP contribution in [-0.2, 0) is 16.4 Å². The van der Waals surface area contributed by atoms with E-state index in [0.717, 1.165) is 0 Å². The van der Waals surface area contributed by atoms with Crippen molar-refractivity contribution in [3.05, 3.63) is 23.8 Å². The van der Waals surface area contributed by atoms with E-state index < -0.39 is 9.84 Å². The normalized spacial score (nSPS) is 20.6. The van der Waals surface area contributed by atoms with Crippen LogP contribution < -0.4 is 15.4 Å². The van der Waals surface area contributed by atoms with Gasteiger partial charge >= 0.3 is 0 Å². The van der Waals surface area contributed by atoms with Gasteiger partial charge in [-0.05, 0) is 24.6 Å². The van der Waals surface area contributed by atoms with Crippen LogP contribution in [0.4, 0.5) is 0 Å². The van der Waals surface area contributed by atoms with Crippen molar-refractivity contribution in [2.45, 2.75) is 19.0 Å². The zero-order valence-corrected chi connectivity index (χ0v) is 13.5. The summed E-state index contributed by atoms with van der Waals surface area (Å²) in [5.41, 5.74) is 0.668. The molecule has 1 aromatic rings. The fourth-order valence-electron chi connectivity index (χ4n) is 2.31. The van der Waals surface area contributed by atoms with E-state index in [0.29, 0.717) is 30.2 Å². The van der Waals surface area contributed by atoms with Crippen LogP contribution in [0.5, 0.6) is 11.5 Å². The molecule has 2 rings (SSSR count). The second kappa shape index (κ2) is 6.87. The molecule has 0 aromatic heterocycles. The fraction of sp³-hybridized carbons (Fsp3) is 0.500. The number of sulfone groups is 1. The van der Waals surface area contributed by atoms with E-state index in [4.69, 9.17) is 4.74 Å². The summed E-state index contributed by atoms with van der Waals surface area (Å²) in [5.74, 6) is 1.65. The lowest BCUT2D eigenvalue weighted by Crippen LogP contribution is -2.43.